The lowest BCUT2D eigenvalue weighted by atomic mass is 10.2. The van der Waals surface area contributed by atoms with E-state index in [9.17, 15) is 4.79 Å². The normalized spacial score (nSPS) is 11.0. The minimum atomic E-state index is -0.190. The molecule has 140 valence electrons. The summed E-state index contributed by atoms with van der Waals surface area (Å²) in [5.41, 5.74) is 2.82. The van der Waals surface area contributed by atoms with Gasteiger partial charge >= 0.3 is 0 Å². The first kappa shape index (κ1) is 18.6. The highest BCUT2D eigenvalue weighted by Gasteiger charge is 2.17. The molecule has 1 aromatic carbocycles. The molecular weight excluding hydrogens is 388 g/mol. The fourth-order valence-corrected chi connectivity index (χ4v) is 5.00. The Bertz CT molecular complexity index is 1190. The summed E-state index contributed by atoms with van der Waals surface area (Å²) in [6.07, 6.45) is 3.27. The third-order valence-corrected chi connectivity index (χ3v) is 6.62. The van der Waals surface area contributed by atoms with E-state index in [1.165, 1.54) is 22.2 Å². The summed E-state index contributed by atoms with van der Waals surface area (Å²) in [6, 6.07) is 11.3. The van der Waals surface area contributed by atoms with Crippen molar-refractivity contribution in [3.63, 3.8) is 0 Å². The molecule has 1 N–H and O–H groups in total. The highest BCUT2D eigenvalue weighted by Crippen LogP contribution is 2.38. The Balaban J connectivity index is 1.68. The van der Waals surface area contributed by atoms with Gasteiger partial charge in [0.15, 0.2) is 0 Å². The van der Waals surface area contributed by atoms with Crippen molar-refractivity contribution in [3.8, 4) is 0 Å². The molecule has 0 spiro atoms. The van der Waals surface area contributed by atoms with E-state index >= 15 is 0 Å². The van der Waals surface area contributed by atoms with E-state index in [4.69, 9.17) is 0 Å². The van der Waals surface area contributed by atoms with Crippen LogP contribution in [-0.2, 0) is 0 Å². The number of anilines is 1. The van der Waals surface area contributed by atoms with E-state index in [-0.39, 0.29) is 5.91 Å². The summed E-state index contributed by atoms with van der Waals surface area (Å²) < 4.78 is 0. The minimum absolute atomic E-state index is 0.190. The summed E-state index contributed by atoms with van der Waals surface area (Å²) in [4.78, 5) is 29.0. The number of nitrogens with one attached hydrogen (secondary N) is 1. The maximum Gasteiger partial charge on any atom is 0.257 e. The molecule has 0 aliphatic carbocycles. The molecule has 1 amide bonds. The summed E-state index contributed by atoms with van der Waals surface area (Å²) in [5, 5.41) is 4.81. The van der Waals surface area contributed by atoms with Crippen LogP contribution >= 0.6 is 23.1 Å². The molecular formula is C21H18N4OS2. The predicted molar refractivity (Wildman–Crippen MR) is 114 cm³/mol. The number of hydrogen-bond acceptors (Lipinski definition) is 6. The van der Waals surface area contributed by atoms with Crippen molar-refractivity contribution in [2.45, 2.75) is 30.7 Å². The monoisotopic (exact) mass is 406 g/mol. The van der Waals surface area contributed by atoms with Crippen LogP contribution in [0.25, 0.3) is 10.2 Å². The van der Waals surface area contributed by atoms with Crippen LogP contribution < -0.4 is 5.32 Å². The number of aromatic nitrogens is 3. The Morgan fingerprint density at radius 2 is 1.89 bits per heavy atom. The highest BCUT2D eigenvalue weighted by atomic mass is 32.2. The zero-order chi connectivity index (χ0) is 19.7. The van der Waals surface area contributed by atoms with Gasteiger partial charge in [-0.15, -0.1) is 11.3 Å². The molecule has 5 nitrogen and oxygen atoms in total. The van der Waals surface area contributed by atoms with Crippen LogP contribution in [0.15, 0.2) is 58.8 Å². The molecule has 0 unspecified atom stereocenters. The van der Waals surface area contributed by atoms with Crippen LogP contribution in [0.2, 0.25) is 0 Å². The lowest BCUT2D eigenvalue weighted by molar-refractivity contribution is 0.102. The summed E-state index contributed by atoms with van der Waals surface area (Å²) in [7, 11) is 0. The van der Waals surface area contributed by atoms with Gasteiger partial charge in [0.25, 0.3) is 5.91 Å². The Labute approximate surface area is 171 Å². The third kappa shape index (κ3) is 3.63. The van der Waals surface area contributed by atoms with E-state index in [0.717, 1.165) is 25.7 Å². The number of fused-ring (bicyclic) bond motifs is 1. The number of rotatable bonds is 4. The first-order chi connectivity index (χ1) is 13.5. The van der Waals surface area contributed by atoms with Crippen molar-refractivity contribution < 1.29 is 4.79 Å². The predicted octanol–water partition coefficient (Wildman–Crippen LogP) is 5.42. The van der Waals surface area contributed by atoms with Gasteiger partial charge in [-0.3, -0.25) is 4.79 Å². The molecule has 0 atom stereocenters. The first-order valence-electron chi connectivity index (χ1n) is 8.74. The number of amides is 1. The topological polar surface area (TPSA) is 67.8 Å². The number of benzene rings is 1. The lowest BCUT2D eigenvalue weighted by Crippen LogP contribution is -2.14. The molecule has 28 heavy (non-hydrogen) atoms. The average Bonchev–Trinajstić information content (AvgIpc) is 2.97. The number of thiophene rings is 1. The third-order valence-electron chi connectivity index (χ3n) is 4.43. The second-order valence-corrected chi connectivity index (χ2v) is 8.65. The van der Waals surface area contributed by atoms with Crippen LogP contribution in [0.5, 0.6) is 0 Å². The van der Waals surface area contributed by atoms with Crippen LogP contribution in [0, 0.1) is 20.8 Å². The second-order valence-electron chi connectivity index (χ2n) is 6.41. The summed E-state index contributed by atoms with van der Waals surface area (Å²) in [6.45, 7) is 6.14. The van der Waals surface area contributed by atoms with Gasteiger partial charge in [0.05, 0.1) is 5.56 Å². The van der Waals surface area contributed by atoms with E-state index in [1.807, 2.05) is 43.3 Å². The lowest BCUT2D eigenvalue weighted by Gasteiger charge is -2.10. The number of nitrogens with zero attached hydrogens (tertiary/aromatic N) is 3. The fourth-order valence-electron chi connectivity index (χ4n) is 2.86. The van der Waals surface area contributed by atoms with Crippen LogP contribution in [0.1, 0.15) is 26.4 Å². The van der Waals surface area contributed by atoms with Gasteiger partial charge in [0, 0.05) is 21.4 Å². The van der Waals surface area contributed by atoms with Crippen molar-refractivity contribution in [3.05, 3.63) is 70.5 Å². The zero-order valence-corrected chi connectivity index (χ0v) is 17.3. The van der Waals surface area contributed by atoms with Crippen molar-refractivity contribution in [2.24, 2.45) is 0 Å². The Kier molecular flexibility index (Phi) is 5.11. The van der Waals surface area contributed by atoms with E-state index in [1.54, 1.807) is 23.9 Å². The Morgan fingerprint density at radius 1 is 1.07 bits per heavy atom. The molecule has 0 saturated carbocycles. The second kappa shape index (κ2) is 7.69. The highest BCUT2D eigenvalue weighted by molar-refractivity contribution is 7.99. The van der Waals surface area contributed by atoms with Gasteiger partial charge in [-0.05, 0) is 56.2 Å². The molecule has 0 fully saturated rings. The summed E-state index contributed by atoms with van der Waals surface area (Å²) in [5.74, 6) is 0.350. The Morgan fingerprint density at radius 3 is 2.71 bits per heavy atom. The number of carbonyl (C=O) groups is 1. The molecule has 7 heteroatoms. The largest absolute Gasteiger partial charge is 0.307 e. The first-order valence-corrected chi connectivity index (χ1v) is 10.4. The van der Waals surface area contributed by atoms with Crippen LogP contribution in [0.3, 0.4) is 0 Å². The standard InChI is InChI=1S/C21H18N4OS2/c1-12-8-9-22-17(10-12)25-19(26)15-6-4-5-7-16(15)28-21-18-13(2)14(3)27-20(18)23-11-24-21/h4-11H,1-3H3,(H,22,25,26). The average molecular weight is 407 g/mol. The molecule has 0 saturated heterocycles. The molecule has 0 bridgehead atoms. The quantitative estimate of drug-likeness (QED) is 0.459. The van der Waals surface area contributed by atoms with Crippen LogP contribution in [0.4, 0.5) is 5.82 Å². The van der Waals surface area contributed by atoms with Gasteiger partial charge in [-0.1, -0.05) is 23.9 Å². The fraction of sp³-hybridized carbons (Fsp3) is 0.143. The van der Waals surface area contributed by atoms with E-state index in [0.29, 0.717) is 11.4 Å². The van der Waals surface area contributed by atoms with Crippen LogP contribution in [-0.4, -0.2) is 20.9 Å². The number of hydrogen-bond donors (Lipinski definition) is 1. The van der Waals surface area contributed by atoms with Crippen molar-refractivity contribution in [2.75, 3.05) is 5.32 Å². The van der Waals surface area contributed by atoms with Gasteiger partial charge in [0.1, 0.15) is 22.0 Å². The van der Waals surface area contributed by atoms with Crippen molar-refractivity contribution in [1.82, 2.24) is 15.0 Å². The molecule has 4 rings (SSSR count). The number of pyridine rings is 1. The molecule has 0 aliphatic rings. The SMILES string of the molecule is Cc1ccnc(NC(=O)c2ccccc2Sc2ncnc3sc(C)c(C)c23)c1. The smallest absolute Gasteiger partial charge is 0.257 e. The van der Waals surface area contributed by atoms with Gasteiger partial charge in [0.2, 0.25) is 0 Å². The van der Waals surface area contributed by atoms with Gasteiger partial charge in [-0.2, -0.15) is 0 Å². The molecule has 3 heterocycles. The minimum Gasteiger partial charge on any atom is -0.307 e. The maximum absolute atomic E-state index is 12.9. The maximum atomic E-state index is 12.9. The molecule has 0 aliphatic heterocycles. The number of aryl methyl sites for hydroxylation is 3. The van der Waals surface area contributed by atoms with Gasteiger partial charge < -0.3 is 5.32 Å². The molecule has 4 aromatic rings. The van der Waals surface area contributed by atoms with Gasteiger partial charge in [-0.25, -0.2) is 15.0 Å². The number of carbonyl (C=O) groups excluding carboxylic acids is 1. The van der Waals surface area contributed by atoms with E-state index in [2.05, 4.69) is 34.1 Å². The zero-order valence-electron chi connectivity index (χ0n) is 15.7. The molecule has 3 aromatic heterocycles. The van der Waals surface area contributed by atoms with E-state index < -0.39 is 0 Å². The van der Waals surface area contributed by atoms with Crippen molar-refractivity contribution >= 4 is 45.0 Å². The Hall–Kier alpha value is -2.77. The van der Waals surface area contributed by atoms with Crippen molar-refractivity contribution in [1.29, 1.82) is 0 Å². The molecule has 0 radical (unpaired) electrons. The summed E-state index contributed by atoms with van der Waals surface area (Å²) >= 11 is 3.15.